The Labute approximate surface area is 97.3 Å². The molecule has 0 unspecified atom stereocenters. The zero-order valence-corrected chi connectivity index (χ0v) is 9.58. The van der Waals surface area contributed by atoms with Gasteiger partial charge in [0.2, 0.25) is 0 Å². The van der Waals surface area contributed by atoms with Gasteiger partial charge in [-0.2, -0.15) is 0 Å². The Morgan fingerprint density at radius 1 is 0.812 bits per heavy atom. The van der Waals surface area contributed by atoms with E-state index < -0.39 is 0 Å². The van der Waals surface area contributed by atoms with Gasteiger partial charge >= 0.3 is 0 Å². The summed E-state index contributed by atoms with van der Waals surface area (Å²) in [5, 5.41) is 1.66. The maximum atomic E-state index is 5.46. The molecule has 0 heterocycles. The molecule has 0 saturated carbocycles. The van der Waals surface area contributed by atoms with E-state index >= 15 is 0 Å². The average molecular weight is 214 g/mol. The van der Waals surface area contributed by atoms with Gasteiger partial charge in [-0.05, 0) is 5.56 Å². The second-order valence-electron chi connectivity index (χ2n) is 3.56. The number of nitrogens with two attached hydrogens (primary N) is 1. The van der Waals surface area contributed by atoms with Crippen LogP contribution in [0.2, 0.25) is 0 Å². The largest absolute Gasteiger partial charge is 0.269 e. The summed E-state index contributed by atoms with van der Waals surface area (Å²) in [6.07, 6.45) is 0. The van der Waals surface area contributed by atoms with Gasteiger partial charge in [-0.1, -0.05) is 66.7 Å². The van der Waals surface area contributed by atoms with Crippen molar-refractivity contribution in [3.63, 3.8) is 0 Å². The summed E-state index contributed by atoms with van der Waals surface area (Å²) in [4.78, 5) is 0. The predicted octanol–water partition coefficient (Wildman–Crippen LogP) is 2.68. The maximum Gasteiger partial charge on any atom is 0.0376 e. The van der Waals surface area contributed by atoms with Crippen LogP contribution in [-0.2, 0) is 6.54 Å². The van der Waals surface area contributed by atoms with E-state index in [0.29, 0.717) is 0 Å². The van der Waals surface area contributed by atoms with Crippen molar-refractivity contribution >= 4 is 0 Å². The molecule has 2 aromatic rings. The Morgan fingerprint density at radius 2 is 1.19 bits per heavy atom. The topological polar surface area (TPSA) is 29.3 Å². The van der Waals surface area contributed by atoms with Gasteiger partial charge < -0.3 is 0 Å². The third kappa shape index (κ3) is 5.96. The minimum atomic E-state index is 0.806. The van der Waals surface area contributed by atoms with Crippen molar-refractivity contribution in [1.82, 2.24) is 5.01 Å². The van der Waals surface area contributed by atoms with Gasteiger partial charge in [0.1, 0.15) is 0 Å². The molecule has 0 bridgehead atoms. The van der Waals surface area contributed by atoms with Gasteiger partial charge in [-0.25, -0.2) is 5.01 Å². The normalized spacial score (nSPS) is 9.44. The van der Waals surface area contributed by atoms with E-state index in [0.717, 1.165) is 6.54 Å². The first-order chi connectivity index (χ1) is 7.79. The Morgan fingerprint density at radius 3 is 1.56 bits per heavy atom. The monoisotopic (exact) mass is 214 g/mol. The number of nitrogens with zero attached hydrogens (tertiary/aromatic N) is 1. The van der Waals surface area contributed by atoms with Crippen molar-refractivity contribution in [3.05, 3.63) is 72.3 Å². The number of hydrogen-bond acceptors (Lipinski definition) is 2. The summed E-state index contributed by atoms with van der Waals surface area (Å²) < 4.78 is 0. The molecule has 2 aromatic carbocycles. The lowest BCUT2D eigenvalue weighted by Crippen LogP contribution is -2.24. The lowest BCUT2D eigenvalue weighted by molar-refractivity contribution is 0.341. The van der Waals surface area contributed by atoms with Crippen LogP contribution in [0.1, 0.15) is 5.56 Å². The number of rotatable bonds is 2. The molecule has 2 heteroatoms. The quantitative estimate of drug-likeness (QED) is 0.615. The van der Waals surface area contributed by atoms with E-state index in [1.807, 2.05) is 61.6 Å². The summed E-state index contributed by atoms with van der Waals surface area (Å²) in [5.74, 6) is 5.46. The summed E-state index contributed by atoms with van der Waals surface area (Å²) in [6, 6.07) is 22.1. The zero-order valence-electron chi connectivity index (χ0n) is 9.58. The number of hydrazine groups is 1. The summed E-state index contributed by atoms with van der Waals surface area (Å²) in [7, 11) is 1.85. The highest BCUT2D eigenvalue weighted by Gasteiger charge is 1.90. The lowest BCUT2D eigenvalue weighted by Gasteiger charge is -2.07. The summed E-state index contributed by atoms with van der Waals surface area (Å²) >= 11 is 0. The fourth-order valence-corrected chi connectivity index (χ4v) is 1.26. The molecule has 2 nitrogen and oxygen atoms in total. The van der Waals surface area contributed by atoms with Gasteiger partial charge in [-0.3, -0.25) is 5.84 Å². The third-order valence-corrected chi connectivity index (χ3v) is 1.94. The first-order valence-corrected chi connectivity index (χ1v) is 5.29. The van der Waals surface area contributed by atoms with Crippen molar-refractivity contribution in [2.45, 2.75) is 6.54 Å². The molecule has 0 radical (unpaired) electrons. The van der Waals surface area contributed by atoms with Crippen LogP contribution in [0.5, 0.6) is 0 Å². The van der Waals surface area contributed by atoms with Gasteiger partial charge in [0, 0.05) is 13.6 Å². The Bertz CT molecular complexity index is 330. The van der Waals surface area contributed by atoms with Crippen molar-refractivity contribution in [1.29, 1.82) is 0 Å². The molecular weight excluding hydrogens is 196 g/mol. The van der Waals surface area contributed by atoms with E-state index in [9.17, 15) is 0 Å². The molecule has 0 spiro atoms. The van der Waals surface area contributed by atoms with E-state index in [2.05, 4.69) is 12.1 Å². The van der Waals surface area contributed by atoms with E-state index in [4.69, 9.17) is 5.84 Å². The van der Waals surface area contributed by atoms with Crippen LogP contribution in [0.25, 0.3) is 0 Å². The number of benzene rings is 2. The van der Waals surface area contributed by atoms with E-state index in [-0.39, 0.29) is 0 Å². The van der Waals surface area contributed by atoms with Crippen LogP contribution >= 0.6 is 0 Å². The highest BCUT2D eigenvalue weighted by molar-refractivity contribution is 5.13. The molecule has 2 rings (SSSR count). The Kier molecular flexibility index (Phi) is 5.92. The van der Waals surface area contributed by atoms with Gasteiger partial charge in [-0.15, -0.1) is 0 Å². The predicted molar refractivity (Wildman–Crippen MR) is 68.5 cm³/mol. The molecule has 0 aliphatic heterocycles. The first kappa shape index (κ1) is 12.4. The third-order valence-electron chi connectivity index (χ3n) is 1.94. The Balaban J connectivity index is 0.000000181. The molecule has 84 valence electrons. The van der Waals surface area contributed by atoms with Crippen LogP contribution < -0.4 is 5.84 Å². The molecule has 2 N–H and O–H groups in total. The highest BCUT2D eigenvalue weighted by atomic mass is 15.4. The van der Waals surface area contributed by atoms with Crippen LogP contribution in [-0.4, -0.2) is 12.1 Å². The average Bonchev–Trinajstić information content (AvgIpc) is 2.32. The summed E-state index contributed by atoms with van der Waals surface area (Å²) in [6.45, 7) is 0.806. The van der Waals surface area contributed by atoms with Crippen LogP contribution in [0.15, 0.2) is 66.7 Å². The molecular formula is C14H18N2. The molecule has 0 saturated heterocycles. The highest BCUT2D eigenvalue weighted by Crippen LogP contribution is 1.98. The Hall–Kier alpha value is -1.64. The lowest BCUT2D eigenvalue weighted by atomic mass is 10.2. The fourth-order valence-electron chi connectivity index (χ4n) is 1.26. The standard InChI is InChI=1S/C8H12N2.C6H6/c1-10(9)7-8-5-3-2-4-6-8;1-2-4-6-5-3-1/h2-6H,7,9H2,1H3;1-6H. The van der Waals surface area contributed by atoms with Crippen LogP contribution in [0, 0.1) is 0 Å². The number of hydrogen-bond donors (Lipinski definition) is 1. The van der Waals surface area contributed by atoms with Crippen molar-refractivity contribution in [3.8, 4) is 0 Å². The van der Waals surface area contributed by atoms with Crippen LogP contribution in [0.3, 0.4) is 0 Å². The van der Waals surface area contributed by atoms with E-state index in [1.54, 1.807) is 5.01 Å². The second-order valence-corrected chi connectivity index (χ2v) is 3.56. The molecule has 0 aliphatic carbocycles. The molecule has 0 fully saturated rings. The van der Waals surface area contributed by atoms with Gasteiger partial charge in [0.15, 0.2) is 0 Å². The van der Waals surface area contributed by atoms with E-state index in [1.165, 1.54) is 5.56 Å². The molecule has 16 heavy (non-hydrogen) atoms. The fraction of sp³-hybridized carbons (Fsp3) is 0.143. The van der Waals surface area contributed by atoms with Crippen molar-refractivity contribution in [2.24, 2.45) is 5.84 Å². The maximum absolute atomic E-state index is 5.46. The van der Waals surface area contributed by atoms with Crippen molar-refractivity contribution in [2.75, 3.05) is 7.05 Å². The zero-order chi connectivity index (χ0) is 11.6. The minimum absolute atomic E-state index is 0.806. The van der Waals surface area contributed by atoms with Gasteiger partial charge in [0.05, 0.1) is 0 Å². The SMILES string of the molecule is CN(N)Cc1ccccc1.c1ccccc1. The smallest absolute Gasteiger partial charge is 0.0376 e. The molecule has 0 aromatic heterocycles. The molecule has 0 atom stereocenters. The van der Waals surface area contributed by atoms with Crippen LogP contribution in [0.4, 0.5) is 0 Å². The first-order valence-electron chi connectivity index (χ1n) is 5.29. The van der Waals surface area contributed by atoms with Gasteiger partial charge in [0.25, 0.3) is 0 Å². The molecule has 0 amide bonds. The van der Waals surface area contributed by atoms with Crippen molar-refractivity contribution < 1.29 is 0 Å². The minimum Gasteiger partial charge on any atom is -0.269 e. The molecule has 0 aliphatic rings. The summed E-state index contributed by atoms with van der Waals surface area (Å²) in [5.41, 5.74) is 1.24. The second kappa shape index (κ2) is 7.63.